The second-order valence-corrected chi connectivity index (χ2v) is 6.16. The molecule has 1 aromatic heterocycles. The maximum Gasteiger partial charge on any atom is 0.289 e. The summed E-state index contributed by atoms with van der Waals surface area (Å²) in [6.07, 6.45) is 2.13. The van der Waals surface area contributed by atoms with Crippen LogP contribution in [0.15, 0.2) is 16.5 Å². The van der Waals surface area contributed by atoms with Crippen molar-refractivity contribution in [3.05, 3.63) is 23.7 Å². The largest absolute Gasteiger partial charge is 0.456 e. The van der Waals surface area contributed by atoms with Gasteiger partial charge >= 0.3 is 0 Å². The average Bonchev–Trinajstić information content (AvgIpc) is 2.75. The number of hydrogen-bond donors (Lipinski definition) is 0. The van der Waals surface area contributed by atoms with E-state index in [4.69, 9.17) is 4.42 Å². The molecule has 2 heterocycles. The van der Waals surface area contributed by atoms with Crippen LogP contribution in [-0.2, 0) is 0 Å². The number of rotatable bonds is 2. The van der Waals surface area contributed by atoms with Crippen molar-refractivity contribution >= 4 is 21.8 Å². The molecule has 94 valence electrons. The standard InChI is InChI=1S/C13H18BrNO2/c1-9-3-4-12(17-9)13(16)15-7-5-11(6-8-15)10(2)14/h3-4,10-11H,5-8H2,1-2H3. The lowest BCUT2D eigenvalue weighted by Crippen LogP contribution is -2.39. The van der Waals surface area contributed by atoms with Gasteiger partial charge in [0.05, 0.1) is 0 Å². The summed E-state index contributed by atoms with van der Waals surface area (Å²) < 4.78 is 5.37. The van der Waals surface area contributed by atoms with Crippen LogP contribution in [-0.4, -0.2) is 28.7 Å². The topological polar surface area (TPSA) is 33.5 Å². The van der Waals surface area contributed by atoms with Crippen LogP contribution < -0.4 is 0 Å². The van der Waals surface area contributed by atoms with E-state index in [1.54, 1.807) is 6.07 Å². The van der Waals surface area contributed by atoms with Gasteiger partial charge < -0.3 is 9.32 Å². The Kier molecular flexibility index (Phi) is 3.92. The second kappa shape index (κ2) is 5.25. The van der Waals surface area contributed by atoms with E-state index in [9.17, 15) is 4.79 Å². The quantitative estimate of drug-likeness (QED) is 0.786. The van der Waals surface area contributed by atoms with Gasteiger partial charge in [-0.1, -0.05) is 22.9 Å². The van der Waals surface area contributed by atoms with Crippen molar-refractivity contribution in [1.82, 2.24) is 4.90 Å². The first-order valence-electron chi connectivity index (χ1n) is 6.07. The minimum Gasteiger partial charge on any atom is -0.456 e. The molecule has 1 amide bonds. The van der Waals surface area contributed by atoms with Crippen molar-refractivity contribution in [1.29, 1.82) is 0 Å². The Labute approximate surface area is 110 Å². The third kappa shape index (κ3) is 2.92. The van der Waals surface area contributed by atoms with Crippen LogP contribution in [0.5, 0.6) is 0 Å². The molecule has 17 heavy (non-hydrogen) atoms. The molecule has 0 aliphatic carbocycles. The molecule has 1 aromatic rings. The summed E-state index contributed by atoms with van der Waals surface area (Å²) in [7, 11) is 0. The Morgan fingerprint density at radius 1 is 1.47 bits per heavy atom. The van der Waals surface area contributed by atoms with Crippen LogP contribution >= 0.6 is 15.9 Å². The zero-order chi connectivity index (χ0) is 12.4. The zero-order valence-electron chi connectivity index (χ0n) is 10.3. The number of amides is 1. The Morgan fingerprint density at radius 2 is 2.12 bits per heavy atom. The van der Waals surface area contributed by atoms with E-state index in [2.05, 4.69) is 22.9 Å². The lowest BCUT2D eigenvalue weighted by molar-refractivity contribution is 0.0658. The zero-order valence-corrected chi connectivity index (χ0v) is 11.9. The first kappa shape index (κ1) is 12.7. The summed E-state index contributed by atoms with van der Waals surface area (Å²) in [6.45, 7) is 5.70. The van der Waals surface area contributed by atoms with Gasteiger partial charge in [-0.25, -0.2) is 0 Å². The van der Waals surface area contributed by atoms with Gasteiger partial charge in [-0.15, -0.1) is 0 Å². The van der Waals surface area contributed by atoms with Gasteiger partial charge in [-0.3, -0.25) is 4.79 Å². The van der Waals surface area contributed by atoms with Gasteiger partial charge in [0.25, 0.3) is 5.91 Å². The molecule has 0 saturated carbocycles. The number of furan rings is 1. The molecule has 1 fully saturated rings. The van der Waals surface area contributed by atoms with Gasteiger partial charge in [-0.2, -0.15) is 0 Å². The van der Waals surface area contributed by atoms with E-state index in [-0.39, 0.29) is 5.91 Å². The van der Waals surface area contributed by atoms with Crippen molar-refractivity contribution in [2.45, 2.75) is 31.5 Å². The van der Waals surface area contributed by atoms with E-state index in [0.29, 0.717) is 16.5 Å². The fourth-order valence-corrected chi connectivity index (χ4v) is 2.80. The van der Waals surface area contributed by atoms with Gasteiger partial charge in [-0.05, 0) is 37.8 Å². The van der Waals surface area contributed by atoms with Crippen molar-refractivity contribution in [3.8, 4) is 0 Å². The number of carbonyl (C=O) groups excluding carboxylic acids is 1. The highest BCUT2D eigenvalue weighted by Crippen LogP contribution is 2.25. The Bertz CT molecular complexity index is 392. The van der Waals surface area contributed by atoms with Gasteiger partial charge in [0.1, 0.15) is 5.76 Å². The van der Waals surface area contributed by atoms with E-state index in [0.717, 1.165) is 31.7 Å². The number of nitrogens with zero attached hydrogens (tertiary/aromatic N) is 1. The summed E-state index contributed by atoms with van der Waals surface area (Å²) >= 11 is 3.62. The first-order valence-corrected chi connectivity index (χ1v) is 6.99. The molecule has 0 bridgehead atoms. The van der Waals surface area contributed by atoms with E-state index in [1.165, 1.54) is 0 Å². The molecular formula is C13H18BrNO2. The molecular weight excluding hydrogens is 282 g/mol. The van der Waals surface area contributed by atoms with Crippen LogP contribution in [0.1, 0.15) is 36.1 Å². The fourth-order valence-electron chi connectivity index (χ4n) is 2.27. The summed E-state index contributed by atoms with van der Waals surface area (Å²) in [5.74, 6) is 1.96. The minimum absolute atomic E-state index is 0.0266. The van der Waals surface area contributed by atoms with Crippen molar-refractivity contribution in [2.75, 3.05) is 13.1 Å². The molecule has 0 aromatic carbocycles. The Hall–Kier alpha value is -0.770. The predicted octanol–water partition coefficient (Wildman–Crippen LogP) is 3.22. The third-order valence-corrected chi connectivity index (χ3v) is 4.18. The Morgan fingerprint density at radius 3 is 2.59 bits per heavy atom. The third-order valence-electron chi connectivity index (χ3n) is 3.43. The van der Waals surface area contributed by atoms with E-state index < -0.39 is 0 Å². The number of carbonyl (C=O) groups is 1. The molecule has 1 aliphatic heterocycles. The molecule has 1 saturated heterocycles. The minimum atomic E-state index is 0.0266. The monoisotopic (exact) mass is 299 g/mol. The highest BCUT2D eigenvalue weighted by molar-refractivity contribution is 9.09. The van der Waals surface area contributed by atoms with Gasteiger partial charge in [0.15, 0.2) is 5.76 Å². The average molecular weight is 300 g/mol. The Balaban J connectivity index is 1.95. The predicted molar refractivity (Wildman–Crippen MR) is 70.5 cm³/mol. The highest BCUT2D eigenvalue weighted by atomic mass is 79.9. The smallest absolute Gasteiger partial charge is 0.289 e. The molecule has 0 radical (unpaired) electrons. The lowest BCUT2D eigenvalue weighted by Gasteiger charge is -2.32. The van der Waals surface area contributed by atoms with Crippen LogP contribution in [0.2, 0.25) is 0 Å². The van der Waals surface area contributed by atoms with Crippen molar-refractivity contribution in [2.24, 2.45) is 5.92 Å². The summed E-state index contributed by atoms with van der Waals surface area (Å²) in [4.78, 5) is 14.5. The van der Waals surface area contributed by atoms with Crippen molar-refractivity contribution < 1.29 is 9.21 Å². The number of hydrogen-bond acceptors (Lipinski definition) is 2. The maximum atomic E-state index is 12.1. The number of piperidine rings is 1. The summed E-state index contributed by atoms with van der Waals surface area (Å²) in [6, 6.07) is 3.59. The normalized spacial score (nSPS) is 19.4. The fraction of sp³-hybridized carbons (Fsp3) is 0.615. The molecule has 2 rings (SSSR count). The first-order chi connectivity index (χ1) is 8.08. The van der Waals surface area contributed by atoms with Crippen LogP contribution in [0.25, 0.3) is 0 Å². The molecule has 4 heteroatoms. The van der Waals surface area contributed by atoms with Crippen molar-refractivity contribution in [3.63, 3.8) is 0 Å². The maximum absolute atomic E-state index is 12.1. The van der Waals surface area contributed by atoms with Crippen LogP contribution in [0, 0.1) is 12.8 Å². The van der Waals surface area contributed by atoms with E-state index >= 15 is 0 Å². The molecule has 1 aliphatic rings. The second-order valence-electron chi connectivity index (χ2n) is 4.72. The van der Waals surface area contributed by atoms with Gasteiger partial charge in [0.2, 0.25) is 0 Å². The molecule has 3 nitrogen and oxygen atoms in total. The molecule has 0 N–H and O–H groups in total. The lowest BCUT2D eigenvalue weighted by atomic mass is 9.94. The summed E-state index contributed by atoms with van der Waals surface area (Å²) in [5.41, 5.74) is 0. The summed E-state index contributed by atoms with van der Waals surface area (Å²) in [5, 5.41) is 0. The molecule has 0 spiro atoms. The van der Waals surface area contributed by atoms with E-state index in [1.807, 2.05) is 17.9 Å². The number of alkyl halides is 1. The number of halogens is 1. The molecule has 1 atom stereocenters. The number of likely N-dealkylation sites (tertiary alicyclic amines) is 1. The highest BCUT2D eigenvalue weighted by Gasteiger charge is 2.26. The van der Waals surface area contributed by atoms with Crippen LogP contribution in [0.3, 0.4) is 0 Å². The SMILES string of the molecule is Cc1ccc(C(=O)N2CCC(C(C)Br)CC2)o1. The molecule has 1 unspecified atom stereocenters. The number of aryl methyl sites for hydroxylation is 1. The van der Waals surface area contributed by atoms with Gasteiger partial charge in [0, 0.05) is 17.9 Å². The van der Waals surface area contributed by atoms with Crippen LogP contribution in [0.4, 0.5) is 0 Å².